The minimum Gasteiger partial charge on any atom is -0.489 e. The highest BCUT2D eigenvalue weighted by molar-refractivity contribution is 5.78. The summed E-state index contributed by atoms with van der Waals surface area (Å²) in [6, 6.07) is 17.2. The van der Waals surface area contributed by atoms with Crippen LogP contribution in [0, 0.1) is 5.92 Å². The van der Waals surface area contributed by atoms with E-state index in [-0.39, 0.29) is 5.97 Å². The first kappa shape index (κ1) is 17.8. The lowest BCUT2D eigenvalue weighted by Crippen LogP contribution is -2.37. The molecule has 1 N–H and O–H groups in total. The lowest BCUT2D eigenvalue weighted by atomic mass is 9.89. The third-order valence-electron chi connectivity index (χ3n) is 4.73. The molecule has 0 amide bonds. The van der Waals surface area contributed by atoms with Crippen molar-refractivity contribution in [1.29, 1.82) is 0 Å². The SMILES string of the molecule is C=C1Nc2ncnn2C(c2ccc(OCc3ccccc3)cc2)C1C(=O)OC. The Balaban J connectivity index is 1.59. The van der Waals surface area contributed by atoms with Gasteiger partial charge in [-0.2, -0.15) is 10.1 Å². The van der Waals surface area contributed by atoms with Crippen molar-refractivity contribution < 1.29 is 14.3 Å². The largest absolute Gasteiger partial charge is 0.489 e. The van der Waals surface area contributed by atoms with Crippen LogP contribution in [0.15, 0.2) is 73.2 Å². The predicted octanol–water partition coefficient (Wildman–Crippen LogP) is 3.17. The number of esters is 1. The number of aromatic nitrogens is 3. The van der Waals surface area contributed by atoms with Gasteiger partial charge in [-0.25, -0.2) is 4.68 Å². The van der Waals surface area contributed by atoms with Crippen LogP contribution < -0.4 is 10.1 Å². The van der Waals surface area contributed by atoms with E-state index in [4.69, 9.17) is 9.47 Å². The number of anilines is 1. The molecular weight excluding hydrogens is 356 g/mol. The van der Waals surface area contributed by atoms with Gasteiger partial charge >= 0.3 is 5.97 Å². The van der Waals surface area contributed by atoms with Crippen LogP contribution in [-0.4, -0.2) is 27.8 Å². The Morgan fingerprint density at radius 3 is 2.64 bits per heavy atom. The van der Waals surface area contributed by atoms with E-state index in [1.165, 1.54) is 13.4 Å². The molecule has 28 heavy (non-hydrogen) atoms. The summed E-state index contributed by atoms with van der Waals surface area (Å²) in [5, 5.41) is 7.30. The van der Waals surface area contributed by atoms with Gasteiger partial charge < -0.3 is 14.8 Å². The van der Waals surface area contributed by atoms with Crippen molar-refractivity contribution in [2.75, 3.05) is 12.4 Å². The highest BCUT2D eigenvalue weighted by atomic mass is 16.5. The second kappa shape index (κ2) is 7.56. The van der Waals surface area contributed by atoms with E-state index in [0.717, 1.165) is 16.9 Å². The van der Waals surface area contributed by atoms with Crippen LogP contribution in [0.25, 0.3) is 0 Å². The molecule has 7 heteroatoms. The summed E-state index contributed by atoms with van der Waals surface area (Å²) in [4.78, 5) is 16.6. The topological polar surface area (TPSA) is 78.3 Å². The molecule has 2 atom stereocenters. The van der Waals surface area contributed by atoms with Crippen LogP contribution >= 0.6 is 0 Å². The Morgan fingerprint density at radius 1 is 1.18 bits per heavy atom. The van der Waals surface area contributed by atoms with Crippen molar-refractivity contribution in [2.45, 2.75) is 12.6 Å². The van der Waals surface area contributed by atoms with Crippen molar-refractivity contribution in [3.8, 4) is 5.75 Å². The monoisotopic (exact) mass is 376 g/mol. The first-order valence-electron chi connectivity index (χ1n) is 8.87. The van der Waals surface area contributed by atoms with Gasteiger partial charge in [-0.15, -0.1) is 0 Å². The standard InChI is InChI=1S/C21H20N4O3/c1-14-18(20(26)27-2)19(25-21(24-14)22-13-23-25)16-8-10-17(11-9-16)28-12-15-6-4-3-5-7-15/h3-11,13,18-19H,1,12H2,2H3,(H,22,23,24). The quantitative estimate of drug-likeness (QED) is 0.689. The van der Waals surface area contributed by atoms with Gasteiger partial charge in [-0.3, -0.25) is 4.79 Å². The van der Waals surface area contributed by atoms with Gasteiger partial charge in [0.05, 0.1) is 13.2 Å². The number of benzene rings is 2. The summed E-state index contributed by atoms with van der Waals surface area (Å²) in [5.41, 5.74) is 2.51. The first-order valence-corrected chi connectivity index (χ1v) is 8.87. The van der Waals surface area contributed by atoms with Crippen LogP contribution in [0.4, 0.5) is 5.95 Å². The van der Waals surface area contributed by atoms with Gasteiger partial charge in [0.25, 0.3) is 0 Å². The van der Waals surface area contributed by atoms with Gasteiger partial charge in [0, 0.05) is 5.70 Å². The number of carbonyl (C=O) groups excluding carboxylic acids is 1. The zero-order chi connectivity index (χ0) is 19.5. The number of hydrogen-bond donors (Lipinski definition) is 1. The van der Waals surface area contributed by atoms with Crippen molar-refractivity contribution in [1.82, 2.24) is 14.8 Å². The fraction of sp³-hybridized carbons (Fsp3) is 0.190. The highest BCUT2D eigenvalue weighted by Gasteiger charge is 2.40. The molecule has 3 aromatic rings. The molecule has 2 unspecified atom stereocenters. The molecule has 1 aliphatic rings. The average Bonchev–Trinajstić information content (AvgIpc) is 3.20. The van der Waals surface area contributed by atoms with E-state index < -0.39 is 12.0 Å². The number of nitrogens with zero attached hydrogens (tertiary/aromatic N) is 3. The van der Waals surface area contributed by atoms with E-state index in [9.17, 15) is 4.79 Å². The fourth-order valence-corrected chi connectivity index (χ4v) is 3.33. The molecule has 2 heterocycles. The van der Waals surface area contributed by atoms with Crippen molar-refractivity contribution in [3.05, 3.63) is 84.3 Å². The zero-order valence-electron chi connectivity index (χ0n) is 15.4. The number of ether oxygens (including phenoxy) is 2. The summed E-state index contributed by atoms with van der Waals surface area (Å²) < 4.78 is 12.5. The summed E-state index contributed by atoms with van der Waals surface area (Å²) in [5.74, 6) is 0.289. The number of methoxy groups -OCH3 is 1. The first-order chi connectivity index (χ1) is 13.7. The van der Waals surface area contributed by atoms with Crippen molar-refractivity contribution in [3.63, 3.8) is 0 Å². The summed E-state index contributed by atoms with van der Waals surface area (Å²) >= 11 is 0. The van der Waals surface area contributed by atoms with Crippen LogP contribution in [0.3, 0.4) is 0 Å². The molecule has 2 aromatic carbocycles. The molecule has 0 fully saturated rings. The lowest BCUT2D eigenvalue weighted by Gasteiger charge is -2.32. The molecular formula is C21H20N4O3. The van der Waals surface area contributed by atoms with E-state index in [2.05, 4.69) is 22.0 Å². The summed E-state index contributed by atoms with van der Waals surface area (Å²) in [6.07, 6.45) is 1.44. The molecule has 0 aliphatic carbocycles. The molecule has 0 saturated carbocycles. The molecule has 142 valence electrons. The molecule has 1 aliphatic heterocycles. The van der Waals surface area contributed by atoms with Crippen molar-refractivity contribution >= 4 is 11.9 Å². The number of hydrogen-bond acceptors (Lipinski definition) is 6. The second-order valence-electron chi connectivity index (χ2n) is 6.47. The third-order valence-corrected chi connectivity index (χ3v) is 4.73. The van der Waals surface area contributed by atoms with Gasteiger partial charge in [0.15, 0.2) is 0 Å². The lowest BCUT2D eigenvalue weighted by molar-refractivity contribution is -0.145. The van der Waals surface area contributed by atoms with Crippen LogP contribution in [0.2, 0.25) is 0 Å². The predicted molar refractivity (Wildman–Crippen MR) is 104 cm³/mol. The molecule has 7 nitrogen and oxygen atoms in total. The fourth-order valence-electron chi connectivity index (χ4n) is 3.33. The maximum atomic E-state index is 12.4. The van der Waals surface area contributed by atoms with Crippen LogP contribution in [0.5, 0.6) is 5.75 Å². The smallest absolute Gasteiger partial charge is 0.317 e. The Morgan fingerprint density at radius 2 is 1.93 bits per heavy atom. The van der Waals surface area contributed by atoms with E-state index >= 15 is 0 Å². The number of nitrogens with one attached hydrogen (secondary N) is 1. The van der Waals surface area contributed by atoms with E-state index in [1.54, 1.807) is 4.68 Å². The van der Waals surface area contributed by atoms with E-state index in [0.29, 0.717) is 18.3 Å². The Labute approximate surface area is 162 Å². The third kappa shape index (κ3) is 3.34. The molecule has 0 bridgehead atoms. The second-order valence-corrected chi connectivity index (χ2v) is 6.47. The number of rotatable bonds is 5. The normalized spacial score (nSPS) is 18.1. The average molecular weight is 376 g/mol. The maximum absolute atomic E-state index is 12.4. The maximum Gasteiger partial charge on any atom is 0.317 e. The summed E-state index contributed by atoms with van der Waals surface area (Å²) in [7, 11) is 1.37. The molecule has 0 radical (unpaired) electrons. The summed E-state index contributed by atoms with van der Waals surface area (Å²) in [6.45, 7) is 4.47. The minimum atomic E-state index is -0.615. The molecule has 4 rings (SSSR count). The minimum absolute atomic E-state index is 0.381. The molecule has 0 spiro atoms. The Hall–Kier alpha value is -3.61. The highest BCUT2D eigenvalue weighted by Crippen LogP contribution is 2.38. The Kier molecular flexibility index (Phi) is 4.80. The van der Waals surface area contributed by atoms with Gasteiger partial charge in [-0.05, 0) is 23.3 Å². The Bertz CT molecular complexity index is 982. The van der Waals surface area contributed by atoms with E-state index in [1.807, 2.05) is 54.6 Å². The number of carbonyl (C=O) groups is 1. The van der Waals surface area contributed by atoms with Gasteiger partial charge in [-0.1, -0.05) is 49.0 Å². The molecule has 0 saturated heterocycles. The van der Waals surface area contributed by atoms with Crippen LogP contribution in [-0.2, 0) is 16.1 Å². The van der Waals surface area contributed by atoms with Gasteiger partial charge in [0.1, 0.15) is 24.6 Å². The molecule has 1 aromatic heterocycles. The zero-order valence-corrected chi connectivity index (χ0v) is 15.4. The van der Waals surface area contributed by atoms with Gasteiger partial charge in [0.2, 0.25) is 5.95 Å². The van der Waals surface area contributed by atoms with Crippen molar-refractivity contribution in [2.24, 2.45) is 5.92 Å². The van der Waals surface area contributed by atoms with Crippen LogP contribution in [0.1, 0.15) is 17.2 Å². The number of fused-ring (bicyclic) bond motifs is 1.